The van der Waals surface area contributed by atoms with Gasteiger partial charge in [0.05, 0.1) is 5.56 Å². The summed E-state index contributed by atoms with van der Waals surface area (Å²) in [5.74, 6) is -0.664. The molecule has 64 heavy (non-hydrogen) atoms. The first-order valence-corrected chi connectivity index (χ1v) is 21.5. The van der Waals surface area contributed by atoms with Crippen molar-refractivity contribution in [1.29, 1.82) is 0 Å². The minimum atomic E-state index is -4.58. The highest BCUT2D eigenvalue weighted by atomic mass is 19.4. The zero-order valence-corrected chi connectivity index (χ0v) is 35.3. The second-order valence-electron chi connectivity index (χ2n) is 16.8. The number of nitrogens with one attached hydrogen (secondary N) is 3. The number of halogens is 3. The molecule has 0 radical (unpaired) electrons. The van der Waals surface area contributed by atoms with Crippen LogP contribution in [0.2, 0.25) is 0 Å². The van der Waals surface area contributed by atoms with E-state index < -0.39 is 23.6 Å². The van der Waals surface area contributed by atoms with Gasteiger partial charge in [0.2, 0.25) is 5.91 Å². The van der Waals surface area contributed by atoms with Gasteiger partial charge in [-0.15, -0.1) is 0 Å². The van der Waals surface area contributed by atoms with Crippen molar-refractivity contribution >= 4 is 58.1 Å². The fraction of sp³-hybridized carbons (Fsp3) is 0.348. The molecule has 6 heterocycles. The van der Waals surface area contributed by atoms with Crippen LogP contribution in [-0.4, -0.2) is 95.8 Å². The number of hydrogen-bond acceptors (Lipinski definition) is 10. The third-order valence-corrected chi connectivity index (χ3v) is 12.7. The van der Waals surface area contributed by atoms with Crippen molar-refractivity contribution in [2.75, 3.05) is 77.7 Å². The summed E-state index contributed by atoms with van der Waals surface area (Å²) in [6.07, 6.45) is -0.406. The number of aryl methyl sites for hydroxylation is 3. The molecule has 332 valence electrons. The monoisotopic (exact) mass is 875 g/mol. The third-order valence-electron chi connectivity index (χ3n) is 12.7. The van der Waals surface area contributed by atoms with Gasteiger partial charge in [-0.25, -0.2) is 14.5 Å². The van der Waals surface area contributed by atoms with Gasteiger partial charge in [-0.3, -0.25) is 29.5 Å². The Morgan fingerprint density at radius 1 is 0.812 bits per heavy atom. The van der Waals surface area contributed by atoms with Crippen LogP contribution in [0.5, 0.6) is 0 Å². The fourth-order valence-electron chi connectivity index (χ4n) is 9.15. The van der Waals surface area contributed by atoms with Crippen molar-refractivity contribution in [3.63, 3.8) is 0 Å². The molecule has 5 aromatic rings. The Hall–Kier alpha value is -6.95. The molecule has 0 saturated carbocycles. The standard InChI is InChI=1S/C46H48F3N11O4/c1-28-24-31(2-8-36(28)44(63)53-38-26-32(10-15-51-38)46(47,48)49)41-40(42(50)62)43-52-37-9-7-35(25-30(37)13-19-60(43)55-41)58-22-20-56(21-23-58)27-29-11-16-57(17-12-29)33-3-5-34(6-4-33)59-18-14-39(61)54-45(59)64/h2-10,15,24-26,29,52H,11-14,16-23,27H2,1H3,(H2,50,62)(H,51,53,63)(H,54,61,64). The summed E-state index contributed by atoms with van der Waals surface area (Å²) in [6, 6.07) is 20.5. The number of carbonyl (C=O) groups is 4. The van der Waals surface area contributed by atoms with Crippen molar-refractivity contribution in [2.24, 2.45) is 11.7 Å². The number of aromatic nitrogens is 3. The van der Waals surface area contributed by atoms with Crippen molar-refractivity contribution < 1.29 is 32.3 Å². The second-order valence-corrected chi connectivity index (χ2v) is 16.8. The zero-order valence-electron chi connectivity index (χ0n) is 35.3. The van der Waals surface area contributed by atoms with E-state index in [1.54, 1.807) is 28.6 Å². The number of carbonyl (C=O) groups excluding carboxylic acids is 4. The van der Waals surface area contributed by atoms with Crippen LogP contribution in [0.4, 0.5) is 52.4 Å². The van der Waals surface area contributed by atoms with Crippen LogP contribution >= 0.6 is 0 Å². The van der Waals surface area contributed by atoms with E-state index in [0.717, 1.165) is 105 Å². The van der Waals surface area contributed by atoms with E-state index in [1.807, 2.05) is 18.2 Å². The number of alkyl halides is 3. The lowest BCUT2D eigenvalue weighted by atomic mass is 9.95. The van der Waals surface area contributed by atoms with Crippen LogP contribution in [0, 0.1) is 12.8 Å². The van der Waals surface area contributed by atoms with Crippen LogP contribution in [0.3, 0.4) is 0 Å². The van der Waals surface area contributed by atoms with E-state index in [2.05, 4.69) is 59.9 Å². The Kier molecular flexibility index (Phi) is 11.5. The number of pyridine rings is 1. The van der Waals surface area contributed by atoms with Crippen molar-refractivity contribution in [1.82, 2.24) is 25.0 Å². The number of urea groups is 1. The average Bonchev–Trinajstić information content (AvgIpc) is 3.55. The van der Waals surface area contributed by atoms with Gasteiger partial charge in [0.15, 0.2) is 0 Å². The number of primary amides is 1. The van der Waals surface area contributed by atoms with E-state index in [1.165, 1.54) is 6.07 Å². The molecule has 4 aliphatic rings. The molecule has 9 rings (SSSR count). The SMILES string of the molecule is Cc1cc(-c2nn3c(c2C(N)=O)Nc2ccc(N4CCN(CC5CCN(c6ccc(N7CCC(=O)NC7=O)cc6)CC5)CC4)cc2CC3)ccc1C(=O)Nc1cc(C(F)(F)F)ccn1. The number of benzene rings is 3. The largest absolute Gasteiger partial charge is 0.416 e. The number of fused-ring (bicyclic) bond motifs is 2. The molecule has 0 spiro atoms. The van der Waals surface area contributed by atoms with Crippen molar-refractivity contribution in [2.45, 2.75) is 45.3 Å². The molecule has 0 unspecified atom stereocenters. The summed E-state index contributed by atoms with van der Waals surface area (Å²) >= 11 is 0. The molecule has 0 bridgehead atoms. The first-order valence-electron chi connectivity index (χ1n) is 21.5. The minimum Gasteiger partial charge on any atom is -0.372 e. The second kappa shape index (κ2) is 17.3. The quantitative estimate of drug-likeness (QED) is 0.130. The van der Waals surface area contributed by atoms with Gasteiger partial charge in [-0.05, 0) is 110 Å². The van der Waals surface area contributed by atoms with E-state index in [-0.39, 0.29) is 28.9 Å². The Morgan fingerprint density at radius 3 is 2.23 bits per heavy atom. The fourth-order valence-corrected chi connectivity index (χ4v) is 9.15. The topological polar surface area (TPSA) is 174 Å². The maximum atomic E-state index is 13.2. The third kappa shape index (κ3) is 8.82. The minimum absolute atomic E-state index is 0.211. The summed E-state index contributed by atoms with van der Waals surface area (Å²) in [5, 5.41) is 13.1. The smallest absolute Gasteiger partial charge is 0.372 e. The molecule has 2 aromatic heterocycles. The van der Waals surface area contributed by atoms with Gasteiger partial charge >= 0.3 is 12.2 Å². The number of anilines is 6. The normalized spacial score (nSPS) is 17.3. The predicted octanol–water partition coefficient (Wildman–Crippen LogP) is 6.41. The summed E-state index contributed by atoms with van der Waals surface area (Å²) in [7, 11) is 0. The number of hydrogen-bond donors (Lipinski definition) is 4. The molecule has 0 atom stereocenters. The molecule has 0 aliphatic carbocycles. The van der Waals surface area contributed by atoms with Crippen LogP contribution < -0.4 is 36.4 Å². The number of rotatable bonds is 9. The molecule has 3 aromatic carbocycles. The van der Waals surface area contributed by atoms with Crippen molar-refractivity contribution in [3.8, 4) is 11.3 Å². The maximum Gasteiger partial charge on any atom is 0.416 e. The summed E-state index contributed by atoms with van der Waals surface area (Å²) in [4.78, 5) is 62.8. The number of piperidine rings is 1. The van der Waals surface area contributed by atoms with Crippen LogP contribution in [0.25, 0.3) is 11.3 Å². The summed E-state index contributed by atoms with van der Waals surface area (Å²) in [6.45, 7) is 9.39. The van der Waals surface area contributed by atoms with Gasteiger partial charge in [0, 0.05) is 105 Å². The molecule has 5 amide bonds. The molecule has 5 N–H and O–H groups in total. The Balaban J connectivity index is 0.792. The molecule has 3 saturated heterocycles. The number of piperazine rings is 1. The predicted molar refractivity (Wildman–Crippen MR) is 237 cm³/mol. The van der Waals surface area contributed by atoms with Crippen LogP contribution in [0.15, 0.2) is 79.0 Å². The van der Waals surface area contributed by atoms with E-state index in [9.17, 15) is 32.3 Å². The number of nitrogens with zero attached hydrogens (tertiary/aromatic N) is 7. The lowest BCUT2D eigenvalue weighted by molar-refractivity contribution is -0.137. The molecule has 4 aliphatic heterocycles. The summed E-state index contributed by atoms with van der Waals surface area (Å²) in [5.41, 5.74) is 11.9. The molecule has 18 heteroatoms. The highest BCUT2D eigenvalue weighted by Gasteiger charge is 2.32. The Labute approximate surface area is 367 Å². The van der Waals surface area contributed by atoms with Gasteiger partial charge < -0.3 is 26.2 Å². The van der Waals surface area contributed by atoms with Crippen molar-refractivity contribution in [3.05, 3.63) is 107 Å². The molecular formula is C46H48F3N11O4. The van der Waals surface area contributed by atoms with Gasteiger partial charge in [0.1, 0.15) is 22.9 Å². The first kappa shape index (κ1) is 42.4. The number of nitrogens with two attached hydrogens (primary N) is 1. The lowest BCUT2D eigenvalue weighted by Gasteiger charge is -2.40. The average molecular weight is 876 g/mol. The summed E-state index contributed by atoms with van der Waals surface area (Å²) < 4.78 is 41.4. The number of imide groups is 1. The van der Waals surface area contributed by atoms with E-state index >= 15 is 0 Å². The highest BCUT2D eigenvalue weighted by molar-refractivity contribution is 6.07. The number of amides is 5. The lowest BCUT2D eigenvalue weighted by Crippen LogP contribution is -2.49. The highest BCUT2D eigenvalue weighted by Crippen LogP contribution is 2.37. The van der Waals surface area contributed by atoms with E-state index in [4.69, 9.17) is 10.8 Å². The Morgan fingerprint density at radius 2 is 1.53 bits per heavy atom. The molecule has 3 fully saturated rings. The van der Waals surface area contributed by atoms with E-state index in [0.29, 0.717) is 54.5 Å². The van der Waals surface area contributed by atoms with Crippen LogP contribution in [0.1, 0.15) is 56.7 Å². The first-order chi connectivity index (χ1) is 30.8. The van der Waals surface area contributed by atoms with Gasteiger partial charge in [-0.1, -0.05) is 6.07 Å². The molecular weight excluding hydrogens is 828 g/mol. The molecule has 15 nitrogen and oxygen atoms in total. The zero-order chi connectivity index (χ0) is 44.7. The van der Waals surface area contributed by atoms with Gasteiger partial charge in [-0.2, -0.15) is 18.3 Å². The maximum absolute atomic E-state index is 13.2. The van der Waals surface area contributed by atoms with Gasteiger partial charge in [0.25, 0.3) is 11.8 Å². The van der Waals surface area contributed by atoms with Crippen LogP contribution in [-0.2, 0) is 23.9 Å². The Bertz CT molecular complexity index is 2620.